The fourth-order valence-corrected chi connectivity index (χ4v) is 2.89. The molecule has 1 aliphatic carbocycles. The Balaban J connectivity index is 2.04. The van der Waals surface area contributed by atoms with Gasteiger partial charge in [0.05, 0.1) is 12.5 Å². The van der Waals surface area contributed by atoms with E-state index in [-0.39, 0.29) is 12.5 Å². The van der Waals surface area contributed by atoms with Gasteiger partial charge in [0.25, 0.3) is 0 Å². The Hall–Kier alpha value is -1.46. The van der Waals surface area contributed by atoms with Gasteiger partial charge in [0.1, 0.15) is 0 Å². The minimum absolute atomic E-state index is 0.0825. The highest BCUT2D eigenvalue weighted by molar-refractivity contribution is 5.67. The summed E-state index contributed by atoms with van der Waals surface area (Å²) < 4.78 is 1.72. The summed E-state index contributed by atoms with van der Waals surface area (Å²) in [5.41, 5.74) is 0. The summed E-state index contributed by atoms with van der Waals surface area (Å²) in [6, 6.07) is -0.133. The first-order chi connectivity index (χ1) is 9.20. The van der Waals surface area contributed by atoms with Gasteiger partial charge in [-0.05, 0) is 22.8 Å². The number of hydrogen-bond donors (Lipinski definition) is 1. The number of carboxylic acid groups (broad SMARTS) is 1. The number of rotatable bonds is 6. The Bertz CT molecular complexity index is 413. The van der Waals surface area contributed by atoms with Crippen LogP contribution in [-0.4, -0.2) is 31.3 Å². The summed E-state index contributed by atoms with van der Waals surface area (Å²) >= 11 is 0. The van der Waals surface area contributed by atoms with Gasteiger partial charge in [0.2, 0.25) is 0 Å². The van der Waals surface area contributed by atoms with Crippen LogP contribution in [0.15, 0.2) is 0 Å². The van der Waals surface area contributed by atoms with Gasteiger partial charge in [-0.1, -0.05) is 39.0 Å². The van der Waals surface area contributed by atoms with E-state index in [9.17, 15) is 4.79 Å². The molecule has 1 heterocycles. The molecule has 1 atom stereocenters. The average molecular weight is 266 g/mol. The molecule has 1 saturated carbocycles. The minimum Gasteiger partial charge on any atom is -0.481 e. The quantitative estimate of drug-likeness (QED) is 0.853. The second-order valence-electron chi connectivity index (χ2n) is 5.41. The molecular weight excluding hydrogens is 244 g/mol. The van der Waals surface area contributed by atoms with Crippen LogP contribution in [0.3, 0.4) is 0 Å². The number of nitrogens with zero attached hydrogens (tertiary/aromatic N) is 4. The number of aliphatic carboxylic acids is 1. The van der Waals surface area contributed by atoms with Crippen LogP contribution < -0.4 is 0 Å². The SMILES string of the molecule is CCC(CC(=O)O)n1nnnc1CC1CCCCC1. The van der Waals surface area contributed by atoms with E-state index in [1.54, 1.807) is 4.68 Å². The van der Waals surface area contributed by atoms with Crippen molar-refractivity contribution < 1.29 is 9.90 Å². The molecule has 1 aromatic rings. The van der Waals surface area contributed by atoms with E-state index in [2.05, 4.69) is 15.5 Å². The number of carboxylic acids is 1. The fraction of sp³-hybridized carbons (Fsp3) is 0.846. The Morgan fingerprint density at radius 2 is 2.16 bits per heavy atom. The van der Waals surface area contributed by atoms with E-state index in [4.69, 9.17) is 5.11 Å². The highest BCUT2D eigenvalue weighted by Crippen LogP contribution is 2.27. The molecular formula is C13H22N4O2. The van der Waals surface area contributed by atoms with E-state index in [1.165, 1.54) is 32.1 Å². The monoisotopic (exact) mass is 266 g/mol. The molecule has 0 aliphatic heterocycles. The third-order valence-corrected chi connectivity index (χ3v) is 3.98. The van der Waals surface area contributed by atoms with Crippen molar-refractivity contribution in [2.75, 3.05) is 0 Å². The standard InChI is InChI=1S/C13H22N4O2/c1-2-11(9-13(18)19)17-12(14-15-16-17)8-10-6-4-3-5-7-10/h10-11H,2-9H2,1H3,(H,18,19). The van der Waals surface area contributed by atoms with Crippen LogP contribution in [0, 0.1) is 5.92 Å². The normalized spacial score (nSPS) is 18.4. The van der Waals surface area contributed by atoms with E-state index in [1.807, 2.05) is 6.92 Å². The summed E-state index contributed by atoms with van der Waals surface area (Å²) in [5, 5.41) is 20.8. The fourth-order valence-electron chi connectivity index (χ4n) is 2.89. The van der Waals surface area contributed by atoms with Gasteiger partial charge < -0.3 is 5.11 Å². The number of carbonyl (C=O) groups is 1. The molecule has 0 radical (unpaired) electrons. The first-order valence-electron chi connectivity index (χ1n) is 7.19. The molecule has 2 rings (SSSR count). The van der Waals surface area contributed by atoms with E-state index in [0.717, 1.165) is 18.7 Å². The maximum Gasteiger partial charge on any atom is 0.305 e. The van der Waals surface area contributed by atoms with Crippen LogP contribution in [0.5, 0.6) is 0 Å². The molecule has 106 valence electrons. The van der Waals surface area contributed by atoms with Crippen LogP contribution >= 0.6 is 0 Å². The van der Waals surface area contributed by atoms with Crippen molar-refractivity contribution in [2.24, 2.45) is 5.92 Å². The molecule has 0 aromatic carbocycles. The lowest BCUT2D eigenvalue weighted by atomic mass is 9.87. The highest BCUT2D eigenvalue weighted by atomic mass is 16.4. The minimum atomic E-state index is -0.800. The van der Waals surface area contributed by atoms with Crippen LogP contribution in [0.2, 0.25) is 0 Å². The Kier molecular flexibility index (Phi) is 4.87. The van der Waals surface area contributed by atoms with Gasteiger partial charge in [-0.15, -0.1) is 5.10 Å². The molecule has 6 heteroatoms. The summed E-state index contributed by atoms with van der Waals surface area (Å²) in [4.78, 5) is 10.9. The number of hydrogen-bond acceptors (Lipinski definition) is 4. The van der Waals surface area contributed by atoms with E-state index < -0.39 is 5.97 Å². The summed E-state index contributed by atoms with van der Waals surface area (Å²) in [6.07, 6.45) is 8.08. The third-order valence-electron chi connectivity index (χ3n) is 3.98. The van der Waals surface area contributed by atoms with Crippen molar-refractivity contribution >= 4 is 5.97 Å². The molecule has 0 spiro atoms. The zero-order valence-electron chi connectivity index (χ0n) is 11.5. The molecule has 0 saturated heterocycles. The molecule has 0 bridgehead atoms. The lowest BCUT2D eigenvalue weighted by Gasteiger charge is -2.22. The molecule has 1 aliphatic rings. The predicted octanol–water partition coefficient (Wildman–Crippen LogP) is 2.22. The van der Waals surface area contributed by atoms with Gasteiger partial charge in [-0.2, -0.15) is 0 Å². The molecule has 6 nitrogen and oxygen atoms in total. The second-order valence-corrected chi connectivity index (χ2v) is 5.41. The summed E-state index contributed by atoms with van der Waals surface area (Å²) in [5.74, 6) is 0.701. The van der Waals surface area contributed by atoms with Crippen molar-refractivity contribution in [1.29, 1.82) is 0 Å². The first-order valence-corrected chi connectivity index (χ1v) is 7.19. The molecule has 1 N–H and O–H groups in total. The zero-order chi connectivity index (χ0) is 13.7. The number of tetrazole rings is 1. The lowest BCUT2D eigenvalue weighted by molar-refractivity contribution is -0.138. The first kappa shape index (κ1) is 14.0. The van der Waals surface area contributed by atoms with Gasteiger partial charge in [-0.25, -0.2) is 4.68 Å². The maximum atomic E-state index is 10.9. The van der Waals surface area contributed by atoms with Crippen molar-refractivity contribution in [2.45, 2.75) is 64.3 Å². The summed E-state index contributed by atoms with van der Waals surface area (Å²) in [6.45, 7) is 1.97. The van der Waals surface area contributed by atoms with Gasteiger partial charge in [0, 0.05) is 6.42 Å². The topological polar surface area (TPSA) is 80.9 Å². The highest BCUT2D eigenvalue weighted by Gasteiger charge is 2.22. The van der Waals surface area contributed by atoms with Crippen LogP contribution in [0.25, 0.3) is 0 Å². The largest absolute Gasteiger partial charge is 0.481 e. The number of aromatic nitrogens is 4. The summed E-state index contributed by atoms with van der Waals surface area (Å²) in [7, 11) is 0. The molecule has 1 unspecified atom stereocenters. The maximum absolute atomic E-state index is 10.9. The van der Waals surface area contributed by atoms with Crippen LogP contribution in [0.1, 0.15) is 63.7 Å². The molecule has 1 aromatic heterocycles. The van der Waals surface area contributed by atoms with Crippen molar-refractivity contribution in [1.82, 2.24) is 20.2 Å². The molecule has 0 amide bonds. The van der Waals surface area contributed by atoms with E-state index >= 15 is 0 Å². The van der Waals surface area contributed by atoms with Gasteiger partial charge in [-0.3, -0.25) is 4.79 Å². The predicted molar refractivity (Wildman–Crippen MR) is 69.7 cm³/mol. The Morgan fingerprint density at radius 1 is 1.42 bits per heavy atom. The third kappa shape index (κ3) is 3.75. The zero-order valence-corrected chi connectivity index (χ0v) is 11.5. The Labute approximate surface area is 113 Å². The Morgan fingerprint density at radius 3 is 2.79 bits per heavy atom. The van der Waals surface area contributed by atoms with Crippen LogP contribution in [0.4, 0.5) is 0 Å². The smallest absolute Gasteiger partial charge is 0.305 e. The average Bonchev–Trinajstić information content (AvgIpc) is 2.85. The lowest BCUT2D eigenvalue weighted by Crippen LogP contribution is -2.19. The van der Waals surface area contributed by atoms with Gasteiger partial charge in [0.15, 0.2) is 5.82 Å². The van der Waals surface area contributed by atoms with Crippen molar-refractivity contribution in [3.63, 3.8) is 0 Å². The van der Waals surface area contributed by atoms with Crippen LogP contribution in [-0.2, 0) is 11.2 Å². The van der Waals surface area contributed by atoms with Crippen molar-refractivity contribution in [3.05, 3.63) is 5.82 Å². The van der Waals surface area contributed by atoms with Crippen molar-refractivity contribution in [3.8, 4) is 0 Å². The molecule has 19 heavy (non-hydrogen) atoms. The van der Waals surface area contributed by atoms with E-state index in [0.29, 0.717) is 5.92 Å². The second kappa shape index (κ2) is 6.63. The van der Waals surface area contributed by atoms with Gasteiger partial charge >= 0.3 is 5.97 Å². The molecule has 1 fully saturated rings.